The van der Waals surface area contributed by atoms with E-state index < -0.39 is 22.0 Å². The minimum Gasteiger partial charge on any atom is -0.480 e. The van der Waals surface area contributed by atoms with E-state index in [1.807, 2.05) is 30.3 Å². The van der Waals surface area contributed by atoms with Crippen LogP contribution in [0.3, 0.4) is 0 Å². The first-order chi connectivity index (χ1) is 22.1. The van der Waals surface area contributed by atoms with Crippen LogP contribution in [0, 0.1) is 0 Å². The number of carboxylic acids is 1. The number of likely N-dealkylation sites (N-methyl/N-ethyl adjacent to an activating group) is 1. The van der Waals surface area contributed by atoms with Gasteiger partial charge >= 0.3 is 5.97 Å². The molecule has 0 saturated heterocycles. The molecule has 0 saturated carbocycles. The smallest absolute Gasteiger partial charge is 0.322 e. The molecule has 238 valence electrons. The summed E-state index contributed by atoms with van der Waals surface area (Å²) >= 11 is 9.96. The third kappa shape index (κ3) is 7.44. The Labute approximate surface area is 283 Å². The Morgan fingerprint density at radius 3 is 2.13 bits per heavy atom. The maximum Gasteiger partial charge on any atom is 0.322 e. The second kappa shape index (κ2) is 14.8. The van der Waals surface area contributed by atoms with Crippen LogP contribution in [0.2, 0.25) is 5.02 Å². The molecule has 7 nitrogen and oxygen atoms in total. The Morgan fingerprint density at radius 2 is 1.52 bits per heavy atom. The van der Waals surface area contributed by atoms with Crippen LogP contribution in [-0.4, -0.2) is 46.7 Å². The number of aliphatic carboxylic acids is 1. The first-order valence-corrected chi connectivity index (χ1v) is 17.7. The number of hydrogen-bond acceptors (Lipinski definition) is 4. The molecule has 0 aliphatic heterocycles. The third-order valence-electron chi connectivity index (χ3n) is 8.00. The van der Waals surface area contributed by atoms with E-state index >= 15 is 0 Å². The number of benzene rings is 4. The van der Waals surface area contributed by atoms with Crippen molar-refractivity contribution < 1.29 is 18.3 Å². The average molecular weight is 721 g/mol. The lowest BCUT2D eigenvalue weighted by Gasteiger charge is -2.24. The van der Waals surface area contributed by atoms with Gasteiger partial charge in [-0.2, -0.15) is 9.40 Å². The van der Waals surface area contributed by atoms with E-state index in [1.54, 1.807) is 41.1 Å². The van der Waals surface area contributed by atoms with E-state index in [4.69, 9.17) is 16.7 Å². The molecule has 0 aliphatic rings. The standard InChI is InChI=1S/C36H35BrClN3O4S/c1-3-4-6-9-25-12-14-28(15-13-25)35-33(37)34(27-16-18-29(38)19-17-27)39-41(35)30-20-22-31(23-21-30)46(44,45)40(2)32(36(42)43)24-26-10-7-5-8-11-26/h5,7-8,10-23,32H,3-4,6,9,24H2,1-2H3,(H,42,43)/t32-/m0/s1. The number of aryl methyl sites for hydroxylation is 1. The molecule has 0 unspecified atom stereocenters. The van der Waals surface area contributed by atoms with E-state index in [0.717, 1.165) is 44.0 Å². The highest BCUT2D eigenvalue weighted by atomic mass is 79.9. The van der Waals surface area contributed by atoms with Gasteiger partial charge in [0.1, 0.15) is 11.7 Å². The van der Waals surface area contributed by atoms with Gasteiger partial charge in [-0.05, 0) is 82.7 Å². The quantitative estimate of drug-likeness (QED) is 0.123. The molecule has 0 amide bonds. The van der Waals surface area contributed by atoms with Crippen molar-refractivity contribution in [1.29, 1.82) is 0 Å². The minimum atomic E-state index is -4.13. The number of sulfonamides is 1. The zero-order valence-corrected chi connectivity index (χ0v) is 28.8. The van der Waals surface area contributed by atoms with Gasteiger partial charge in [-0.15, -0.1) is 0 Å². The van der Waals surface area contributed by atoms with E-state index in [1.165, 1.54) is 37.6 Å². The molecule has 0 spiro atoms. The Bertz CT molecular complexity index is 1890. The van der Waals surface area contributed by atoms with Crippen molar-refractivity contribution in [3.05, 3.63) is 124 Å². The van der Waals surface area contributed by atoms with Gasteiger partial charge in [-0.25, -0.2) is 13.1 Å². The SMILES string of the molecule is CCCCCc1ccc(-c2c(Br)c(-c3ccc(Cl)cc3)nn2-c2ccc(S(=O)(=O)N(C)[C@@H](Cc3ccccc3)C(=O)O)cc2)cc1. The van der Waals surface area contributed by atoms with Crippen LogP contribution in [0.25, 0.3) is 28.2 Å². The summed E-state index contributed by atoms with van der Waals surface area (Å²) < 4.78 is 30.7. The van der Waals surface area contributed by atoms with Crippen LogP contribution in [0.1, 0.15) is 37.3 Å². The fraction of sp³-hybridized carbons (Fsp3) is 0.222. The Balaban J connectivity index is 1.51. The third-order valence-corrected chi connectivity index (χ3v) is 10.9. The molecule has 0 bridgehead atoms. The largest absolute Gasteiger partial charge is 0.480 e. The Hall–Kier alpha value is -3.76. The number of nitrogens with zero attached hydrogens (tertiary/aromatic N) is 3. The van der Waals surface area contributed by atoms with Crippen molar-refractivity contribution in [1.82, 2.24) is 14.1 Å². The molecule has 46 heavy (non-hydrogen) atoms. The highest BCUT2D eigenvalue weighted by Crippen LogP contribution is 2.39. The molecular formula is C36H35BrClN3O4S. The monoisotopic (exact) mass is 719 g/mol. The van der Waals surface area contributed by atoms with E-state index in [-0.39, 0.29) is 11.3 Å². The van der Waals surface area contributed by atoms with Crippen LogP contribution in [-0.2, 0) is 27.7 Å². The molecule has 1 atom stereocenters. The summed E-state index contributed by atoms with van der Waals surface area (Å²) in [6.07, 6.45) is 4.56. The summed E-state index contributed by atoms with van der Waals surface area (Å²) in [5.41, 5.74) is 5.97. The first kappa shape index (κ1) is 33.6. The van der Waals surface area contributed by atoms with Crippen molar-refractivity contribution in [2.24, 2.45) is 0 Å². The van der Waals surface area contributed by atoms with Crippen molar-refractivity contribution in [2.75, 3.05) is 7.05 Å². The normalized spacial score (nSPS) is 12.4. The molecule has 1 heterocycles. The van der Waals surface area contributed by atoms with Gasteiger partial charge in [-0.3, -0.25) is 4.79 Å². The number of carbonyl (C=O) groups is 1. The maximum atomic E-state index is 13.6. The molecule has 5 aromatic rings. The number of rotatable bonds is 13. The van der Waals surface area contributed by atoms with Crippen molar-refractivity contribution in [3.63, 3.8) is 0 Å². The lowest BCUT2D eigenvalue weighted by Crippen LogP contribution is -2.43. The summed E-state index contributed by atoms with van der Waals surface area (Å²) in [4.78, 5) is 12.1. The predicted octanol–water partition coefficient (Wildman–Crippen LogP) is 8.67. The van der Waals surface area contributed by atoms with Gasteiger partial charge in [0.2, 0.25) is 10.0 Å². The predicted molar refractivity (Wildman–Crippen MR) is 187 cm³/mol. The fourth-order valence-electron chi connectivity index (χ4n) is 5.34. The summed E-state index contributed by atoms with van der Waals surface area (Å²) in [7, 11) is -2.82. The number of hydrogen-bond donors (Lipinski definition) is 1. The van der Waals surface area contributed by atoms with Gasteiger partial charge in [0.15, 0.2) is 0 Å². The van der Waals surface area contributed by atoms with Crippen LogP contribution < -0.4 is 0 Å². The van der Waals surface area contributed by atoms with Gasteiger partial charge in [-0.1, -0.05) is 98.1 Å². The van der Waals surface area contributed by atoms with Crippen LogP contribution in [0.15, 0.2) is 112 Å². The van der Waals surface area contributed by atoms with Gasteiger partial charge in [0, 0.05) is 23.2 Å². The van der Waals surface area contributed by atoms with Crippen molar-refractivity contribution in [2.45, 2.75) is 50.0 Å². The van der Waals surface area contributed by atoms with Crippen LogP contribution >= 0.6 is 27.5 Å². The molecule has 0 radical (unpaired) electrons. The molecule has 0 aliphatic carbocycles. The lowest BCUT2D eigenvalue weighted by atomic mass is 10.0. The summed E-state index contributed by atoms with van der Waals surface area (Å²) in [5, 5.41) is 15.5. The van der Waals surface area contributed by atoms with Gasteiger partial charge < -0.3 is 5.11 Å². The topological polar surface area (TPSA) is 92.5 Å². The molecule has 1 aromatic heterocycles. The van der Waals surface area contributed by atoms with Gasteiger partial charge in [0.05, 0.1) is 20.7 Å². The van der Waals surface area contributed by atoms with Crippen LogP contribution in [0.5, 0.6) is 0 Å². The summed E-state index contributed by atoms with van der Waals surface area (Å²) in [6, 6.07) is 29.9. The van der Waals surface area contributed by atoms with E-state index in [0.29, 0.717) is 16.4 Å². The number of aromatic nitrogens is 2. The number of carboxylic acid groups (broad SMARTS) is 1. The fourth-order valence-corrected chi connectivity index (χ4v) is 7.48. The maximum absolute atomic E-state index is 13.6. The Kier molecular flexibility index (Phi) is 10.8. The molecule has 10 heteroatoms. The van der Waals surface area contributed by atoms with E-state index in [9.17, 15) is 18.3 Å². The zero-order valence-electron chi connectivity index (χ0n) is 25.6. The molecular weight excluding hydrogens is 686 g/mol. The van der Waals surface area contributed by atoms with E-state index in [2.05, 4.69) is 47.1 Å². The van der Waals surface area contributed by atoms with Crippen molar-refractivity contribution in [3.8, 4) is 28.2 Å². The highest BCUT2D eigenvalue weighted by Gasteiger charge is 2.33. The second-order valence-corrected chi connectivity index (χ2v) is 14.4. The second-order valence-electron chi connectivity index (χ2n) is 11.1. The average Bonchev–Trinajstić information content (AvgIpc) is 3.41. The molecule has 5 rings (SSSR count). The lowest BCUT2D eigenvalue weighted by molar-refractivity contribution is -0.141. The van der Waals surface area contributed by atoms with Crippen LogP contribution in [0.4, 0.5) is 0 Å². The Morgan fingerprint density at radius 1 is 0.891 bits per heavy atom. The first-order valence-electron chi connectivity index (χ1n) is 15.1. The minimum absolute atomic E-state index is 0.0137. The molecule has 4 aromatic carbocycles. The zero-order chi connectivity index (χ0) is 32.8. The summed E-state index contributed by atoms with van der Waals surface area (Å²) in [6.45, 7) is 2.19. The van der Waals surface area contributed by atoms with Gasteiger partial charge in [0.25, 0.3) is 0 Å². The number of unbranched alkanes of at least 4 members (excludes halogenated alkanes) is 2. The molecule has 1 N–H and O–H groups in total. The molecule has 0 fully saturated rings. The summed E-state index contributed by atoms with van der Waals surface area (Å²) in [5.74, 6) is -1.22. The van der Waals surface area contributed by atoms with Crippen molar-refractivity contribution >= 4 is 43.5 Å². The highest BCUT2D eigenvalue weighted by molar-refractivity contribution is 9.10. The number of halogens is 2.